The molecule has 4 nitrogen and oxygen atoms in total. The zero-order chi connectivity index (χ0) is 11.5. The number of halogens is 1. The summed E-state index contributed by atoms with van der Waals surface area (Å²) in [6.07, 6.45) is 0.188. The average Bonchev–Trinajstić information content (AvgIpc) is 2.71. The van der Waals surface area contributed by atoms with E-state index >= 15 is 0 Å². The fourth-order valence-corrected chi connectivity index (χ4v) is 1.36. The summed E-state index contributed by atoms with van der Waals surface area (Å²) in [6.45, 7) is 1.68. The summed E-state index contributed by atoms with van der Waals surface area (Å²) < 4.78 is 13.0. The zero-order valence-corrected chi connectivity index (χ0v) is 8.66. The minimum absolute atomic E-state index is 0.188. The number of hydrogen-bond donors (Lipinski definition) is 1. The molecule has 0 amide bonds. The summed E-state index contributed by atoms with van der Waals surface area (Å²) in [6, 6.07) is 6.64. The van der Waals surface area contributed by atoms with Gasteiger partial charge in [0.15, 0.2) is 5.82 Å². The molecule has 1 aromatic carbocycles. The Morgan fingerprint density at radius 1 is 1.50 bits per heavy atom. The van der Waals surface area contributed by atoms with Gasteiger partial charge in [-0.25, -0.2) is 9.37 Å². The molecule has 0 bridgehead atoms. The van der Waals surface area contributed by atoms with Crippen LogP contribution in [0, 0.1) is 24.1 Å². The van der Waals surface area contributed by atoms with Crippen molar-refractivity contribution in [2.45, 2.75) is 13.3 Å². The molecule has 0 saturated carbocycles. The Kier molecular flexibility index (Phi) is 2.64. The number of rotatable bonds is 2. The molecule has 0 saturated heterocycles. The molecule has 0 aliphatic heterocycles. The van der Waals surface area contributed by atoms with Gasteiger partial charge >= 0.3 is 0 Å². The number of nitriles is 1. The number of aryl methyl sites for hydroxylation is 1. The summed E-state index contributed by atoms with van der Waals surface area (Å²) in [5, 5.41) is 15.1. The van der Waals surface area contributed by atoms with Crippen LogP contribution < -0.4 is 0 Å². The first kappa shape index (κ1) is 10.3. The summed E-state index contributed by atoms with van der Waals surface area (Å²) in [7, 11) is 0. The first-order valence-electron chi connectivity index (χ1n) is 4.75. The van der Waals surface area contributed by atoms with Crippen molar-refractivity contribution < 1.29 is 4.39 Å². The molecule has 1 aromatic heterocycles. The highest BCUT2D eigenvalue weighted by Gasteiger charge is 2.07. The van der Waals surface area contributed by atoms with Gasteiger partial charge in [0.2, 0.25) is 0 Å². The fraction of sp³-hybridized carbons (Fsp3) is 0.182. The second-order valence-corrected chi connectivity index (χ2v) is 3.40. The van der Waals surface area contributed by atoms with Crippen molar-refractivity contribution in [1.82, 2.24) is 15.2 Å². The first-order valence-corrected chi connectivity index (χ1v) is 4.75. The van der Waals surface area contributed by atoms with E-state index in [4.69, 9.17) is 5.26 Å². The Hall–Kier alpha value is -2.22. The van der Waals surface area contributed by atoms with E-state index < -0.39 is 0 Å². The van der Waals surface area contributed by atoms with Crippen molar-refractivity contribution in [3.63, 3.8) is 0 Å². The number of aromatic amines is 1. The third-order valence-electron chi connectivity index (χ3n) is 2.19. The third-order valence-corrected chi connectivity index (χ3v) is 2.19. The lowest BCUT2D eigenvalue weighted by Gasteiger charge is -1.98. The van der Waals surface area contributed by atoms with Gasteiger partial charge in [-0.1, -0.05) is 0 Å². The lowest BCUT2D eigenvalue weighted by Crippen LogP contribution is -1.86. The topological polar surface area (TPSA) is 65.4 Å². The molecule has 0 fully saturated rings. The van der Waals surface area contributed by atoms with Crippen molar-refractivity contribution in [2.75, 3.05) is 0 Å². The van der Waals surface area contributed by atoms with Crippen LogP contribution in [0.1, 0.15) is 11.4 Å². The maximum absolute atomic E-state index is 13.0. The summed E-state index contributed by atoms with van der Waals surface area (Å²) in [5.41, 5.74) is 1.28. The highest BCUT2D eigenvalue weighted by Crippen LogP contribution is 2.18. The van der Waals surface area contributed by atoms with Crippen LogP contribution in [0.3, 0.4) is 0 Å². The van der Waals surface area contributed by atoms with E-state index in [9.17, 15) is 4.39 Å². The largest absolute Gasteiger partial charge is 0.262 e. The Morgan fingerprint density at radius 3 is 3.00 bits per heavy atom. The highest BCUT2D eigenvalue weighted by atomic mass is 19.1. The van der Waals surface area contributed by atoms with Gasteiger partial charge in [-0.15, -0.1) is 0 Å². The fourth-order valence-electron chi connectivity index (χ4n) is 1.36. The van der Waals surface area contributed by atoms with Gasteiger partial charge in [-0.3, -0.25) is 5.10 Å². The average molecular weight is 216 g/mol. The number of nitrogens with zero attached hydrogens (tertiary/aromatic N) is 3. The van der Waals surface area contributed by atoms with Gasteiger partial charge in [0, 0.05) is 5.56 Å². The normalized spacial score (nSPS) is 10.1. The van der Waals surface area contributed by atoms with Crippen LogP contribution in [0.4, 0.5) is 4.39 Å². The third kappa shape index (κ3) is 1.91. The molecule has 0 spiro atoms. The number of nitrogens with one attached hydrogen (secondary N) is 1. The molecular formula is C11H9FN4. The van der Waals surface area contributed by atoms with Crippen LogP contribution in [0.15, 0.2) is 18.2 Å². The second-order valence-electron chi connectivity index (χ2n) is 3.40. The van der Waals surface area contributed by atoms with Crippen LogP contribution in [0.5, 0.6) is 0 Å². The van der Waals surface area contributed by atoms with Crippen LogP contribution in [0.2, 0.25) is 0 Å². The highest BCUT2D eigenvalue weighted by molar-refractivity contribution is 5.55. The van der Waals surface area contributed by atoms with E-state index in [0.29, 0.717) is 17.2 Å². The molecule has 0 radical (unpaired) electrons. The monoisotopic (exact) mass is 216 g/mol. The van der Waals surface area contributed by atoms with E-state index in [1.807, 2.05) is 6.07 Å². The van der Waals surface area contributed by atoms with Crippen molar-refractivity contribution in [1.29, 1.82) is 5.26 Å². The molecule has 1 heterocycles. The lowest BCUT2D eigenvalue weighted by atomic mass is 10.1. The molecule has 0 atom stereocenters. The minimum atomic E-state index is -0.253. The number of hydrogen-bond acceptors (Lipinski definition) is 3. The van der Waals surface area contributed by atoms with Gasteiger partial charge in [0.25, 0.3) is 0 Å². The smallest absolute Gasteiger partial charge is 0.181 e. The molecule has 1 N–H and O–H groups in total. The quantitative estimate of drug-likeness (QED) is 0.834. The SMILES string of the molecule is Cc1cc(-c2n[nH]c(CC#N)n2)ccc1F. The van der Waals surface area contributed by atoms with E-state index in [-0.39, 0.29) is 12.2 Å². The Labute approximate surface area is 91.8 Å². The summed E-state index contributed by atoms with van der Waals surface area (Å²) >= 11 is 0. The van der Waals surface area contributed by atoms with Crippen LogP contribution in [-0.4, -0.2) is 15.2 Å². The van der Waals surface area contributed by atoms with E-state index in [0.717, 1.165) is 5.56 Å². The molecule has 2 aromatic rings. The van der Waals surface area contributed by atoms with E-state index in [1.165, 1.54) is 6.07 Å². The van der Waals surface area contributed by atoms with Crippen molar-refractivity contribution in [3.05, 3.63) is 35.4 Å². The Morgan fingerprint density at radius 2 is 2.31 bits per heavy atom. The van der Waals surface area contributed by atoms with Gasteiger partial charge in [-0.05, 0) is 30.7 Å². The predicted octanol–water partition coefficient (Wildman–Crippen LogP) is 1.99. The predicted molar refractivity (Wildman–Crippen MR) is 55.8 cm³/mol. The second kappa shape index (κ2) is 4.11. The minimum Gasteiger partial charge on any atom is -0.262 e. The molecule has 0 aliphatic carbocycles. The number of H-pyrrole nitrogens is 1. The molecule has 80 valence electrons. The maximum atomic E-state index is 13.0. The van der Waals surface area contributed by atoms with Gasteiger partial charge < -0.3 is 0 Å². The van der Waals surface area contributed by atoms with Crippen LogP contribution >= 0.6 is 0 Å². The lowest BCUT2D eigenvalue weighted by molar-refractivity contribution is 0.618. The standard InChI is InChI=1S/C11H9FN4/c1-7-6-8(2-3-9(7)12)11-14-10(4-5-13)15-16-11/h2-3,6H,4H2,1H3,(H,14,15,16). The number of aromatic nitrogens is 3. The zero-order valence-electron chi connectivity index (χ0n) is 8.66. The van der Waals surface area contributed by atoms with Gasteiger partial charge in [0.05, 0.1) is 12.5 Å². The van der Waals surface area contributed by atoms with Crippen LogP contribution in [0.25, 0.3) is 11.4 Å². The molecule has 0 aliphatic rings. The molecule has 2 rings (SSSR count). The number of benzene rings is 1. The van der Waals surface area contributed by atoms with Crippen molar-refractivity contribution in [2.24, 2.45) is 0 Å². The van der Waals surface area contributed by atoms with Crippen LogP contribution in [-0.2, 0) is 6.42 Å². The molecule has 5 heteroatoms. The molecule has 16 heavy (non-hydrogen) atoms. The van der Waals surface area contributed by atoms with E-state index in [1.54, 1.807) is 19.1 Å². The van der Waals surface area contributed by atoms with Crippen molar-refractivity contribution >= 4 is 0 Å². The summed E-state index contributed by atoms with van der Waals surface area (Å²) in [5.74, 6) is 0.740. The Balaban J connectivity index is 2.36. The first-order chi connectivity index (χ1) is 7.70. The van der Waals surface area contributed by atoms with Gasteiger partial charge in [-0.2, -0.15) is 10.4 Å². The van der Waals surface area contributed by atoms with E-state index in [2.05, 4.69) is 15.2 Å². The molecular weight excluding hydrogens is 207 g/mol. The molecule has 0 unspecified atom stereocenters. The Bertz CT molecular complexity index is 553. The maximum Gasteiger partial charge on any atom is 0.181 e. The van der Waals surface area contributed by atoms with Gasteiger partial charge in [0.1, 0.15) is 11.6 Å². The summed E-state index contributed by atoms with van der Waals surface area (Å²) in [4.78, 5) is 4.13. The van der Waals surface area contributed by atoms with Crippen molar-refractivity contribution in [3.8, 4) is 17.5 Å².